The van der Waals surface area contributed by atoms with Crippen molar-refractivity contribution >= 4 is 5.97 Å². The highest BCUT2D eigenvalue weighted by atomic mass is 16.5. The third kappa shape index (κ3) is 3.33. The Bertz CT molecular complexity index is 390. The maximum Gasteiger partial charge on any atom is 0.337 e. The zero-order valence-corrected chi connectivity index (χ0v) is 9.29. The van der Waals surface area contributed by atoms with Crippen LogP contribution >= 0.6 is 0 Å². The van der Waals surface area contributed by atoms with Crippen molar-refractivity contribution in [3.8, 4) is 11.5 Å². The molecule has 0 aliphatic heterocycles. The van der Waals surface area contributed by atoms with E-state index in [0.717, 1.165) is 0 Å². The summed E-state index contributed by atoms with van der Waals surface area (Å²) in [7, 11) is 1.39. The Balaban J connectivity index is 2.94. The third-order valence-corrected chi connectivity index (χ3v) is 2.11. The number of rotatable bonds is 6. The van der Waals surface area contributed by atoms with Gasteiger partial charge in [-0.15, -0.1) is 0 Å². The van der Waals surface area contributed by atoms with Crippen molar-refractivity contribution in [2.24, 2.45) is 0 Å². The van der Waals surface area contributed by atoms with E-state index in [9.17, 15) is 9.90 Å². The molecule has 1 aromatic rings. The first kappa shape index (κ1) is 13.3. The van der Waals surface area contributed by atoms with E-state index in [1.165, 1.54) is 25.3 Å². The van der Waals surface area contributed by atoms with Crippen molar-refractivity contribution < 1.29 is 29.6 Å². The number of ether oxygens (including phenoxy) is 2. The standard InChI is InChI=1S/C11H14O6/c1-16-9-3-2-7(6-8(9)13)10(11(14)15)17-5-4-12/h2-3,6,10,12-13H,4-5H2,1H3,(H,14,15). The Morgan fingerprint density at radius 1 is 1.47 bits per heavy atom. The van der Waals surface area contributed by atoms with Crippen LogP contribution in [-0.2, 0) is 9.53 Å². The lowest BCUT2D eigenvalue weighted by Crippen LogP contribution is -2.17. The first-order chi connectivity index (χ1) is 8.10. The number of methoxy groups -OCH3 is 1. The van der Waals surface area contributed by atoms with Gasteiger partial charge in [0.15, 0.2) is 17.6 Å². The number of phenolic OH excluding ortho intramolecular Hbond substituents is 1. The second kappa shape index (κ2) is 6.07. The van der Waals surface area contributed by atoms with Crippen LogP contribution in [0.2, 0.25) is 0 Å². The van der Waals surface area contributed by atoms with Crippen LogP contribution in [0.1, 0.15) is 11.7 Å². The molecule has 0 aliphatic rings. The highest BCUT2D eigenvalue weighted by Gasteiger charge is 2.21. The molecule has 0 bridgehead atoms. The predicted molar refractivity (Wildman–Crippen MR) is 58.1 cm³/mol. The maximum atomic E-state index is 11.0. The number of aliphatic hydroxyl groups excluding tert-OH is 1. The van der Waals surface area contributed by atoms with Crippen LogP contribution in [0.25, 0.3) is 0 Å². The lowest BCUT2D eigenvalue weighted by Gasteiger charge is -2.14. The van der Waals surface area contributed by atoms with Gasteiger partial charge in [0, 0.05) is 0 Å². The number of aliphatic carboxylic acids is 1. The summed E-state index contributed by atoms with van der Waals surface area (Å²) >= 11 is 0. The van der Waals surface area contributed by atoms with E-state index in [4.69, 9.17) is 19.7 Å². The fourth-order valence-electron chi connectivity index (χ4n) is 1.35. The summed E-state index contributed by atoms with van der Waals surface area (Å²) in [6, 6.07) is 4.19. The summed E-state index contributed by atoms with van der Waals surface area (Å²) in [5, 5.41) is 27.1. The molecule has 3 N–H and O–H groups in total. The summed E-state index contributed by atoms with van der Waals surface area (Å²) in [6.45, 7) is -0.365. The minimum absolute atomic E-state index is 0.0935. The Hall–Kier alpha value is -1.79. The molecule has 0 amide bonds. The molecule has 1 unspecified atom stereocenters. The van der Waals surface area contributed by atoms with Gasteiger partial charge in [-0.05, 0) is 17.7 Å². The van der Waals surface area contributed by atoms with E-state index in [1.54, 1.807) is 0 Å². The molecular weight excluding hydrogens is 228 g/mol. The van der Waals surface area contributed by atoms with Crippen molar-refractivity contribution in [1.29, 1.82) is 0 Å². The normalized spacial score (nSPS) is 12.1. The van der Waals surface area contributed by atoms with E-state index in [2.05, 4.69) is 0 Å². The van der Waals surface area contributed by atoms with Crippen LogP contribution in [0.4, 0.5) is 0 Å². The van der Waals surface area contributed by atoms with Crippen LogP contribution in [0, 0.1) is 0 Å². The third-order valence-electron chi connectivity index (χ3n) is 2.11. The van der Waals surface area contributed by atoms with Crippen LogP contribution in [-0.4, -0.2) is 41.6 Å². The van der Waals surface area contributed by atoms with Crippen LogP contribution in [0.15, 0.2) is 18.2 Å². The van der Waals surface area contributed by atoms with Crippen molar-refractivity contribution in [2.75, 3.05) is 20.3 Å². The van der Waals surface area contributed by atoms with Gasteiger partial charge in [-0.3, -0.25) is 0 Å². The van der Waals surface area contributed by atoms with Gasteiger partial charge in [-0.2, -0.15) is 0 Å². The number of benzene rings is 1. The van der Waals surface area contributed by atoms with Gasteiger partial charge >= 0.3 is 5.97 Å². The smallest absolute Gasteiger partial charge is 0.337 e. The number of phenols is 1. The number of hydrogen-bond donors (Lipinski definition) is 3. The maximum absolute atomic E-state index is 11.0. The van der Waals surface area contributed by atoms with E-state index in [-0.39, 0.29) is 30.3 Å². The molecule has 17 heavy (non-hydrogen) atoms. The first-order valence-electron chi connectivity index (χ1n) is 4.92. The second-order valence-electron chi connectivity index (χ2n) is 3.24. The molecule has 1 atom stereocenters. The number of hydrogen-bond acceptors (Lipinski definition) is 5. The Kier molecular flexibility index (Phi) is 4.74. The number of carbonyl (C=O) groups is 1. The van der Waals surface area contributed by atoms with Gasteiger partial charge in [-0.1, -0.05) is 6.07 Å². The molecule has 0 saturated heterocycles. The molecule has 0 aromatic heterocycles. The zero-order valence-electron chi connectivity index (χ0n) is 9.29. The van der Waals surface area contributed by atoms with E-state index in [1.807, 2.05) is 0 Å². The quantitative estimate of drug-likeness (QED) is 0.673. The molecule has 1 aromatic carbocycles. The van der Waals surface area contributed by atoms with Gasteiger partial charge in [0.2, 0.25) is 0 Å². The number of aromatic hydroxyl groups is 1. The molecule has 1 rings (SSSR count). The Morgan fingerprint density at radius 2 is 2.18 bits per heavy atom. The fourth-order valence-corrected chi connectivity index (χ4v) is 1.35. The van der Waals surface area contributed by atoms with Crippen molar-refractivity contribution in [2.45, 2.75) is 6.10 Å². The van der Waals surface area contributed by atoms with Gasteiger partial charge < -0.3 is 24.8 Å². The fraction of sp³-hybridized carbons (Fsp3) is 0.364. The monoisotopic (exact) mass is 242 g/mol. The predicted octanol–water partition coefficient (Wildman–Crippen LogP) is 0.535. The Morgan fingerprint density at radius 3 is 2.65 bits per heavy atom. The van der Waals surface area contributed by atoms with Gasteiger partial charge in [-0.25, -0.2) is 4.79 Å². The highest BCUT2D eigenvalue weighted by Crippen LogP contribution is 2.30. The average Bonchev–Trinajstić information content (AvgIpc) is 2.29. The molecule has 6 heteroatoms. The molecule has 0 fully saturated rings. The first-order valence-corrected chi connectivity index (χ1v) is 4.92. The molecule has 0 saturated carbocycles. The second-order valence-corrected chi connectivity index (χ2v) is 3.24. The summed E-state index contributed by atoms with van der Waals surface area (Å²) in [5.74, 6) is -1.10. The molecule has 94 valence electrons. The molecular formula is C11H14O6. The number of carboxylic acid groups (broad SMARTS) is 1. The summed E-state index contributed by atoms with van der Waals surface area (Å²) in [5.41, 5.74) is 0.282. The Labute approximate surface area is 98.0 Å². The van der Waals surface area contributed by atoms with E-state index < -0.39 is 12.1 Å². The van der Waals surface area contributed by atoms with E-state index in [0.29, 0.717) is 0 Å². The topological polar surface area (TPSA) is 96.2 Å². The van der Waals surface area contributed by atoms with Gasteiger partial charge in [0.05, 0.1) is 20.3 Å². The lowest BCUT2D eigenvalue weighted by molar-refractivity contribution is -0.151. The van der Waals surface area contributed by atoms with E-state index >= 15 is 0 Å². The molecule has 6 nitrogen and oxygen atoms in total. The van der Waals surface area contributed by atoms with Crippen LogP contribution in [0.5, 0.6) is 11.5 Å². The molecule has 0 aliphatic carbocycles. The van der Waals surface area contributed by atoms with Crippen molar-refractivity contribution in [3.05, 3.63) is 23.8 Å². The molecule has 0 spiro atoms. The lowest BCUT2D eigenvalue weighted by atomic mass is 10.1. The van der Waals surface area contributed by atoms with Gasteiger partial charge in [0.25, 0.3) is 0 Å². The zero-order chi connectivity index (χ0) is 12.8. The highest BCUT2D eigenvalue weighted by molar-refractivity contribution is 5.74. The SMILES string of the molecule is COc1ccc(C(OCCO)C(=O)O)cc1O. The summed E-state index contributed by atoms with van der Waals surface area (Å²) in [6.07, 6.45) is -1.22. The molecule has 0 heterocycles. The van der Waals surface area contributed by atoms with Crippen molar-refractivity contribution in [1.82, 2.24) is 0 Å². The van der Waals surface area contributed by atoms with Crippen LogP contribution in [0.3, 0.4) is 0 Å². The number of aliphatic hydroxyl groups is 1. The van der Waals surface area contributed by atoms with Crippen molar-refractivity contribution in [3.63, 3.8) is 0 Å². The van der Waals surface area contributed by atoms with Gasteiger partial charge in [0.1, 0.15) is 0 Å². The van der Waals surface area contributed by atoms with Crippen LogP contribution < -0.4 is 4.74 Å². The number of carboxylic acids is 1. The minimum atomic E-state index is -1.22. The summed E-state index contributed by atoms with van der Waals surface area (Å²) < 4.78 is 9.81. The largest absolute Gasteiger partial charge is 0.504 e. The summed E-state index contributed by atoms with van der Waals surface area (Å²) in [4.78, 5) is 11.0. The molecule has 0 radical (unpaired) electrons. The minimum Gasteiger partial charge on any atom is -0.504 e. The average molecular weight is 242 g/mol.